The van der Waals surface area contributed by atoms with Gasteiger partial charge in [-0.05, 0) is 37.1 Å². The largest absolute Gasteiger partial charge is 0.465 e. The van der Waals surface area contributed by atoms with E-state index in [-0.39, 0.29) is 18.4 Å². The molecule has 1 saturated heterocycles. The minimum Gasteiger partial charge on any atom is -0.465 e. The molecule has 3 aromatic heterocycles. The van der Waals surface area contributed by atoms with Gasteiger partial charge < -0.3 is 25.4 Å². The van der Waals surface area contributed by atoms with Gasteiger partial charge in [0.05, 0.1) is 0 Å². The second kappa shape index (κ2) is 12.5. The van der Waals surface area contributed by atoms with Gasteiger partial charge in [-0.25, -0.2) is 19.7 Å². The minimum atomic E-state index is -1.21. The fourth-order valence-electron chi connectivity index (χ4n) is 4.00. The number of pyridine rings is 2. The van der Waals surface area contributed by atoms with E-state index in [1.807, 2.05) is 54.6 Å². The predicted octanol–water partition coefficient (Wildman–Crippen LogP) is 4.99. The first-order valence-corrected chi connectivity index (χ1v) is 13.8. The van der Waals surface area contributed by atoms with Crippen LogP contribution in [0.5, 0.6) is 11.5 Å². The quantitative estimate of drug-likeness (QED) is 0.255. The molecular weight excluding hydrogens is 538 g/mol. The van der Waals surface area contributed by atoms with Crippen molar-refractivity contribution in [3.05, 3.63) is 72.8 Å². The van der Waals surface area contributed by atoms with Crippen LogP contribution in [0.1, 0.15) is 24.6 Å². The fraction of sp³-hybridized carbons (Fsp3) is 0.231. The highest BCUT2D eigenvalue weighted by atomic mass is 32.2. The van der Waals surface area contributed by atoms with Crippen molar-refractivity contribution < 1.29 is 19.4 Å². The van der Waals surface area contributed by atoms with Crippen molar-refractivity contribution in [3.8, 4) is 11.5 Å². The molecule has 0 saturated carbocycles. The molecule has 0 bridgehead atoms. The third-order valence-corrected chi connectivity index (χ3v) is 7.48. The number of hydrogen-bond donors (Lipinski definition) is 3. The number of piperidine rings is 1. The van der Waals surface area contributed by atoms with Gasteiger partial charge in [0.1, 0.15) is 23.1 Å². The molecule has 1 aliphatic heterocycles. The van der Waals surface area contributed by atoms with Gasteiger partial charge in [0.25, 0.3) is 0 Å². The molecule has 39 heavy (non-hydrogen) atoms. The van der Waals surface area contributed by atoms with Gasteiger partial charge in [-0.2, -0.15) is 4.37 Å². The number of nitrogens with one attached hydrogen (secondary N) is 2. The third-order valence-electron chi connectivity index (χ3n) is 5.93. The van der Waals surface area contributed by atoms with E-state index in [1.165, 1.54) is 23.3 Å². The summed E-state index contributed by atoms with van der Waals surface area (Å²) in [5.74, 6) is 2.33. The molecule has 1 aliphatic rings. The molecule has 2 amide bonds. The van der Waals surface area contributed by atoms with E-state index in [0.717, 1.165) is 9.92 Å². The van der Waals surface area contributed by atoms with Gasteiger partial charge in [-0.1, -0.05) is 36.0 Å². The van der Waals surface area contributed by atoms with Crippen molar-refractivity contribution >= 4 is 46.2 Å². The number of ether oxygens (including phenoxy) is 1. The highest BCUT2D eigenvalue weighted by Gasteiger charge is 2.26. The maximum absolute atomic E-state index is 12.2. The molecule has 0 radical (unpaired) electrons. The Morgan fingerprint density at radius 3 is 2.64 bits per heavy atom. The van der Waals surface area contributed by atoms with E-state index in [0.29, 0.717) is 54.2 Å². The molecule has 0 spiro atoms. The van der Waals surface area contributed by atoms with Crippen molar-refractivity contribution in [1.82, 2.24) is 29.5 Å². The Morgan fingerprint density at radius 2 is 1.90 bits per heavy atom. The Kier molecular flexibility index (Phi) is 8.48. The second-order valence-electron chi connectivity index (χ2n) is 8.60. The summed E-state index contributed by atoms with van der Waals surface area (Å²) in [7, 11) is 0. The number of aromatic nitrogens is 4. The van der Waals surface area contributed by atoms with Crippen molar-refractivity contribution in [1.29, 1.82) is 0 Å². The van der Waals surface area contributed by atoms with Crippen molar-refractivity contribution in [2.75, 3.05) is 25.0 Å². The summed E-state index contributed by atoms with van der Waals surface area (Å²) in [5, 5.41) is 15.5. The Bertz CT molecular complexity index is 1410. The van der Waals surface area contributed by atoms with Crippen LogP contribution in [0.15, 0.2) is 76.9 Å². The zero-order chi connectivity index (χ0) is 27.0. The van der Waals surface area contributed by atoms with Crippen LogP contribution in [-0.2, 0) is 4.79 Å². The van der Waals surface area contributed by atoms with Crippen LogP contribution in [0.25, 0.3) is 0 Å². The number of hydrogen-bond acceptors (Lipinski definition) is 10. The molecule has 5 rings (SSSR count). The third kappa shape index (κ3) is 7.21. The molecule has 4 aromatic rings. The van der Waals surface area contributed by atoms with Crippen LogP contribution >= 0.6 is 23.3 Å². The van der Waals surface area contributed by atoms with E-state index < -0.39 is 6.09 Å². The average molecular weight is 564 g/mol. The summed E-state index contributed by atoms with van der Waals surface area (Å²) in [6.45, 7) is 0.833. The molecule has 3 N–H and O–H groups in total. The summed E-state index contributed by atoms with van der Waals surface area (Å²) in [5.41, 5.74) is 0. The fourth-order valence-corrected chi connectivity index (χ4v) is 5.42. The van der Waals surface area contributed by atoms with Gasteiger partial charge in [0, 0.05) is 53.9 Å². The molecule has 1 fully saturated rings. The van der Waals surface area contributed by atoms with E-state index in [9.17, 15) is 9.59 Å². The summed E-state index contributed by atoms with van der Waals surface area (Å²) in [6.07, 6.45) is 3.70. The van der Waals surface area contributed by atoms with E-state index >= 15 is 0 Å². The van der Waals surface area contributed by atoms with Crippen LogP contribution in [-0.4, -0.2) is 61.0 Å². The summed E-state index contributed by atoms with van der Waals surface area (Å²) in [6, 6.07) is 17.1. The Morgan fingerprint density at radius 1 is 1.10 bits per heavy atom. The number of benzene rings is 1. The van der Waals surface area contributed by atoms with Crippen LogP contribution in [0.4, 0.5) is 15.7 Å². The maximum atomic E-state index is 12.2. The van der Waals surface area contributed by atoms with Gasteiger partial charge in [0.15, 0.2) is 11.6 Å². The zero-order valence-corrected chi connectivity index (χ0v) is 22.3. The highest BCUT2D eigenvalue weighted by molar-refractivity contribution is 7.99. The number of para-hydroxylation sites is 1. The summed E-state index contributed by atoms with van der Waals surface area (Å²) < 4.78 is 10.7. The molecule has 0 unspecified atom stereocenters. The Hall–Kier alpha value is -4.23. The lowest BCUT2D eigenvalue weighted by molar-refractivity contribution is -0.131. The zero-order valence-electron chi connectivity index (χ0n) is 20.7. The van der Waals surface area contributed by atoms with E-state index in [1.54, 1.807) is 17.3 Å². The second-order valence-corrected chi connectivity index (χ2v) is 10.4. The van der Waals surface area contributed by atoms with Crippen molar-refractivity contribution in [2.24, 2.45) is 0 Å². The van der Waals surface area contributed by atoms with Crippen LogP contribution in [0, 0.1) is 0 Å². The van der Waals surface area contributed by atoms with Crippen molar-refractivity contribution in [2.45, 2.75) is 28.7 Å². The normalized spacial score (nSPS) is 13.6. The molecule has 13 heteroatoms. The summed E-state index contributed by atoms with van der Waals surface area (Å²) >= 11 is 2.73. The van der Waals surface area contributed by atoms with Gasteiger partial charge in [-0.3, -0.25) is 4.79 Å². The molecule has 0 atom stereocenters. The first kappa shape index (κ1) is 26.4. The molecule has 4 heterocycles. The number of carboxylic acid groups (broad SMARTS) is 1. The smallest absolute Gasteiger partial charge is 0.405 e. The summed E-state index contributed by atoms with van der Waals surface area (Å²) in [4.78, 5) is 39.0. The highest BCUT2D eigenvalue weighted by Crippen LogP contribution is 2.36. The number of anilines is 2. The van der Waals surface area contributed by atoms with Gasteiger partial charge >= 0.3 is 6.09 Å². The first-order chi connectivity index (χ1) is 19.0. The standard InChI is InChI=1S/C26H25N7O4S2/c34-22(16-29-26(35)36)33-12-9-17(10-13-33)23-30-25(39-32-23)31-24-20(37-18-6-2-1-3-7-18)14-19(15-28-24)38-21-8-4-5-11-27-21/h1-8,11,14-15,17,29H,9-10,12-13,16H2,(H,35,36)(H,28,30,31,32). The number of carbonyl (C=O) groups excluding carboxylic acids is 1. The van der Waals surface area contributed by atoms with Gasteiger partial charge in [-0.15, -0.1) is 0 Å². The molecule has 200 valence electrons. The molecular formula is C26H25N7O4S2. The Labute approximate surface area is 232 Å². The number of carbonyl (C=O) groups is 2. The SMILES string of the molecule is O=C(O)NCC(=O)N1CCC(c2nsc(Nc3ncc(Sc4ccccn4)cc3Oc3ccccc3)n2)CC1. The van der Waals surface area contributed by atoms with Crippen molar-refractivity contribution in [3.63, 3.8) is 0 Å². The number of likely N-dealkylation sites (tertiary alicyclic amines) is 1. The topological polar surface area (TPSA) is 142 Å². The first-order valence-electron chi connectivity index (χ1n) is 12.2. The van der Waals surface area contributed by atoms with Gasteiger partial charge in [0.2, 0.25) is 11.0 Å². The lowest BCUT2D eigenvalue weighted by Crippen LogP contribution is -2.43. The predicted molar refractivity (Wildman–Crippen MR) is 147 cm³/mol. The van der Waals surface area contributed by atoms with E-state index in [4.69, 9.17) is 9.84 Å². The van der Waals surface area contributed by atoms with E-state index in [2.05, 4.69) is 30.0 Å². The monoisotopic (exact) mass is 563 g/mol. The lowest BCUT2D eigenvalue weighted by atomic mass is 9.96. The molecule has 0 aliphatic carbocycles. The average Bonchev–Trinajstić information content (AvgIpc) is 3.43. The maximum Gasteiger partial charge on any atom is 0.405 e. The van der Waals surface area contributed by atoms with Crippen LogP contribution < -0.4 is 15.4 Å². The molecule has 1 aromatic carbocycles. The van der Waals surface area contributed by atoms with Crippen LogP contribution in [0.2, 0.25) is 0 Å². The number of rotatable bonds is 9. The lowest BCUT2D eigenvalue weighted by Gasteiger charge is -2.30. The Balaban J connectivity index is 1.27. The van der Waals surface area contributed by atoms with Crippen LogP contribution in [0.3, 0.4) is 0 Å². The number of amides is 2. The number of nitrogens with zero attached hydrogens (tertiary/aromatic N) is 5. The minimum absolute atomic E-state index is 0.110. The molecule has 11 nitrogen and oxygen atoms in total.